The third-order valence-electron chi connectivity index (χ3n) is 3.79. The summed E-state index contributed by atoms with van der Waals surface area (Å²) in [5.41, 5.74) is 5.15. The Morgan fingerprint density at radius 1 is 1.10 bits per heavy atom. The zero-order valence-electron chi connectivity index (χ0n) is 14.2. The van der Waals surface area contributed by atoms with Gasteiger partial charge in [-0.1, -0.05) is 0 Å². The van der Waals surface area contributed by atoms with E-state index in [4.69, 9.17) is 4.98 Å². The quantitative estimate of drug-likeness (QED) is 0.728. The summed E-state index contributed by atoms with van der Waals surface area (Å²) in [7, 11) is 0. The molecule has 0 amide bonds. The minimum atomic E-state index is -1.80. The molecule has 1 aromatic heterocycles. The summed E-state index contributed by atoms with van der Waals surface area (Å²) in [6, 6.07) is 11.1. The molecule has 0 aliphatic carbocycles. The van der Waals surface area contributed by atoms with Crippen molar-refractivity contribution in [3.05, 3.63) is 47.7 Å². The average molecular weight is 342 g/mol. The number of pyridine rings is 1. The second kappa shape index (κ2) is 6.35. The van der Waals surface area contributed by atoms with E-state index in [9.17, 15) is 0 Å². The van der Waals surface area contributed by atoms with Gasteiger partial charge in [-0.15, -0.1) is 0 Å². The van der Waals surface area contributed by atoms with Gasteiger partial charge in [0.25, 0.3) is 0 Å². The van der Waals surface area contributed by atoms with Crippen LogP contribution in [-0.2, 0) is 6.42 Å². The second-order valence-electron chi connectivity index (χ2n) is 7.43. The van der Waals surface area contributed by atoms with Crippen LogP contribution in [0.4, 0.5) is 0 Å². The van der Waals surface area contributed by atoms with Crippen molar-refractivity contribution < 1.29 is 0 Å². The van der Waals surface area contributed by atoms with Crippen molar-refractivity contribution >= 4 is 17.7 Å². The van der Waals surface area contributed by atoms with Gasteiger partial charge in [-0.2, -0.15) is 0 Å². The van der Waals surface area contributed by atoms with Crippen LogP contribution in [0.5, 0.6) is 0 Å². The molecule has 1 aromatic carbocycles. The molecule has 0 N–H and O–H groups in total. The molecule has 2 heteroatoms. The predicted molar refractivity (Wildman–Crippen MR) is 95.9 cm³/mol. The number of hydrogen-bond donors (Lipinski definition) is 0. The molecule has 1 heterocycles. The summed E-state index contributed by atoms with van der Waals surface area (Å²) in [5, 5.41) is 0. The minimum absolute atomic E-state index is 0.686. The van der Waals surface area contributed by atoms with Gasteiger partial charge in [0.1, 0.15) is 0 Å². The SMILES string of the molecule is Cc1cc(-c2cccc(CC(C)C)c2)nc[c]1[Ge]([CH3])([CH3])[CH3]. The van der Waals surface area contributed by atoms with Crippen molar-refractivity contribution in [1.29, 1.82) is 0 Å². The van der Waals surface area contributed by atoms with Crippen molar-refractivity contribution in [1.82, 2.24) is 4.98 Å². The van der Waals surface area contributed by atoms with Crippen LogP contribution in [0.15, 0.2) is 36.5 Å². The third kappa shape index (κ3) is 4.19. The second-order valence-corrected chi connectivity index (χ2v) is 18.0. The predicted octanol–water partition coefficient (Wildman–Crippen LogP) is 4.80. The Balaban J connectivity index is 2.37. The molecule has 0 bridgehead atoms. The van der Waals surface area contributed by atoms with Crippen LogP contribution in [0.3, 0.4) is 0 Å². The van der Waals surface area contributed by atoms with E-state index in [-0.39, 0.29) is 0 Å². The van der Waals surface area contributed by atoms with E-state index < -0.39 is 13.3 Å². The van der Waals surface area contributed by atoms with Gasteiger partial charge < -0.3 is 0 Å². The fraction of sp³-hybridized carbons (Fsp3) is 0.421. The number of benzene rings is 1. The fourth-order valence-corrected chi connectivity index (χ4v) is 6.41. The van der Waals surface area contributed by atoms with Gasteiger partial charge in [0.05, 0.1) is 0 Å². The summed E-state index contributed by atoms with van der Waals surface area (Å²) in [6.45, 7) is 6.76. The van der Waals surface area contributed by atoms with Crippen LogP contribution >= 0.6 is 0 Å². The summed E-state index contributed by atoms with van der Waals surface area (Å²) < 4.78 is 1.51. The number of hydrogen-bond acceptors (Lipinski definition) is 1. The number of rotatable bonds is 4. The van der Waals surface area contributed by atoms with Gasteiger partial charge in [-0.05, 0) is 0 Å². The Hall–Kier alpha value is -1.09. The van der Waals surface area contributed by atoms with Crippen LogP contribution < -0.4 is 4.40 Å². The van der Waals surface area contributed by atoms with E-state index in [1.165, 1.54) is 21.1 Å². The normalized spacial score (nSPS) is 12.0. The summed E-state index contributed by atoms with van der Waals surface area (Å²) in [5.74, 6) is 7.96. The molecular formula is C19H27GeN. The molecule has 2 rings (SSSR count). The van der Waals surface area contributed by atoms with E-state index in [0.717, 1.165) is 12.1 Å². The van der Waals surface area contributed by atoms with E-state index in [1.807, 2.05) is 0 Å². The monoisotopic (exact) mass is 343 g/mol. The molecule has 0 aliphatic heterocycles. The Bertz CT molecular complexity index is 624. The van der Waals surface area contributed by atoms with Crippen LogP contribution in [0.1, 0.15) is 25.0 Å². The van der Waals surface area contributed by atoms with Gasteiger partial charge in [0.2, 0.25) is 0 Å². The zero-order valence-corrected chi connectivity index (χ0v) is 16.3. The van der Waals surface area contributed by atoms with Crippen LogP contribution in [0.2, 0.25) is 17.3 Å². The molecular weight excluding hydrogens is 315 g/mol. The van der Waals surface area contributed by atoms with Crippen molar-refractivity contribution in [2.24, 2.45) is 5.92 Å². The Morgan fingerprint density at radius 2 is 1.81 bits per heavy atom. The first-order valence-corrected chi connectivity index (χ1v) is 15.2. The van der Waals surface area contributed by atoms with Crippen LogP contribution in [0.25, 0.3) is 11.3 Å². The molecule has 1 nitrogen and oxygen atoms in total. The molecule has 0 saturated carbocycles. The van der Waals surface area contributed by atoms with Crippen molar-refractivity contribution in [2.45, 2.75) is 44.5 Å². The fourth-order valence-electron chi connectivity index (χ4n) is 2.83. The topological polar surface area (TPSA) is 12.9 Å². The molecule has 0 spiro atoms. The van der Waals surface area contributed by atoms with Gasteiger partial charge >= 0.3 is 132 Å². The number of aromatic nitrogens is 1. The van der Waals surface area contributed by atoms with E-state index in [1.54, 1.807) is 0 Å². The van der Waals surface area contributed by atoms with Crippen molar-refractivity contribution in [3.8, 4) is 11.3 Å². The van der Waals surface area contributed by atoms with Crippen LogP contribution in [0, 0.1) is 12.8 Å². The molecule has 0 aliphatic rings. The summed E-state index contributed by atoms with van der Waals surface area (Å²) >= 11 is -1.80. The number of aryl methyl sites for hydroxylation is 1. The van der Waals surface area contributed by atoms with E-state index in [0.29, 0.717) is 5.92 Å². The van der Waals surface area contributed by atoms with E-state index in [2.05, 4.69) is 74.6 Å². The first kappa shape index (κ1) is 16.3. The first-order valence-electron chi connectivity index (χ1n) is 7.84. The number of nitrogens with zero attached hydrogens (tertiary/aromatic N) is 1. The van der Waals surface area contributed by atoms with E-state index >= 15 is 0 Å². The zero-order chi connectivity index (χ0) is 15.6. The maximum absolute atomic E-state index is 4.74. The Kier molecular flexibility index (Phi) is 4.93. The van der Waals surface area contributed by atoms with Gasteiger partial charge in [0.15, 0.2) is 0 Å². The van der Waals surface area contributed by atoms with Gasteiger partial charge in [-0.3, -0.25) is 0 Å². The third-order valence-corrected chi connectivity index (χ3v) is 8.27. The summed E-state index contributed by atoms with van der Waals surface area (Å²) in [6.07, 6.45) is 3.25. The molecule has 0 fully saturated rings. The molecule has 0 atom stereocenters. The first-order chi connectivity index (χ1) is 9.77. The van der Waals surface area contributed by atoms with Crippen LogP contribution in [-0.4, -0.2) is 18.3 Å². The Morgan fingerprint density at radius 3 is 2.38 bits per heavy atom. The molecule has 2 aromatic rings. The molecule has 0 unspecified atom stereocenters. The molecule has 0 radical (unpaired) electrons. The van der Waals surface area contributed by atoms with Crippen molar-refractivity contribution in [3.63, 3.8) is 0 Å². The molecule has 112 valence electrons. The average Bonchev–Trinajstić information content (AvgIpc) is 2.36. The van der Waals surface area contributed by atoms with Gasteiger partial charge in [-0.25, -0.2) is 0 Å². The van der Waals surface area contributed by atoms with Gasteiger partial charge in [0, 0.05) is 0 Å². The summed E-state index contributed by atoms with van der Waals surface area (Å²) in [4.78, 5) is 4.74. The molecule has 21 heavy (non-hydrogen) atoms. The van der Waals surface area contributed by atoms with Crippen molar-refractivity contribution in [2.75, 3.05) is 0 Å². The molecule has 0 saturated heterocycles. The Labute approximate surface area is 132 Å². The maximum atomic E-state index is 4.74. The standard InChI is InChI=1S/C19H27GeN/c1-14(2)10-16-8-7-9-17(12-16)19-11-15(3)18(13-21-19)20(4,5)6/h7-9,11-14H,10H2,1-6H3.